The predicted molar refractivity (Wildman–Crippen MR) is 65.8 cm³/mol. The molecule has 1 rings (SSSR count). The molecule has 0 radical (unpaired) electrons. The maximum absolute atomic E-state index is 13.4. The summed E-state index contributed by atoms with van der Waals surface area (Å²) in [6.45, 7) is 2.81. The quantitative estimate of drug-likeness (QED) is 0.612. The van der Waals surface area contributed by atoms with Crippen molar-refractivity contribution in [1.29, 1.82) is 0 Å². The molecule has 0 spiro atoms. The number of halogens is 1. The van der Waals surface area contributed by atoms with E-state index in [1.807, 2.05) is 0 Å². The molecule has 0 atom stereocenters. The summed E-state index contributed by atoms with van der Waals surface area (Å²) < 4.78 is 18.0. The van der Waals surface area contributed by atoms with Crippen molar-refractivity contribution in [3.05, 3.63) is 29.6 Å². The number of nitrogens with one attached hydrogen (secondary N) is 1. The molecular weight excluding hydrogens is 221 g/mol. The Bertz CT molecular complexity index is 380. The molecule has 0 heterocycles. The molecule has 0 amide bonds. The molecule has 17 heavy (non-hydrogen) atoms. The Balaban J connectivity index is 2.66. The van der Waals surface area contributed by atoms with Crippen molar-refractivity contribution < 1.29 is 13.9 Å². The second kappa shape index (κ2) is 6.89. The number of hydrogen-bond donors (Lipinski definition) is 1. The predicted octanol–water partition coefficient (Wildman–Crippen LogP) is 3.21. The van der Waals surface area contributed by atoms with Crippen molar-refractivity contribution in [2.24, 2.45) is 0 Å². The second-order valence-electron chi connectivity index (χ2n) is 3.82. The molecule has 0 saturated heterocycles. The van der Waals surface area contributed by atoms with E-state index in [2.05, 4.69) is 17.0 Å². The molecule has 0 saturated carbocycles. The highest BCUT2D eigenvalue weighted by Gasteiger charge is 2.09. The first-order valence-corrected chi connectivity index (χ1v) is 5.80. The lowest BCUT2D eigenvalue weighted by molar-refractivity contribution is 0.0600. The number of esters is 1. The van der Waals surface area contributed by atoms with Gasteiger partial charge in [0, 0.05) is 6.54 Å². The summed E-state index contributed by atoms with van der Waals surface area (Å²) in [4.78, 5) is 11.3. The van der Waals surface area contributed by atoms with Crippen LogP contribution < -0.4 is 5.32 Å². The van der Waals surface area contributed by atoms with E-state index in [0.29, 0.717) is 17.8 Å². The van der Waals surface area contributed by atoms with Crippen LogP contribution in [0.1, 0.15) is 36.5 Å². The maximum Gasteiger partial charge on any atom is 0.337 e. The first-order chi connectivity index (χ1) is 8.19. The minimum atomic E-state index is -0.457. The van der Waals surface area contributed by atoms with E-state index in [0.717, 1.165) is 19.3 Å². The third-order valence-electron chi connectivity index (χ3n) is 2.48. The number of benzene rings is 1. The van der Waals surface area contributed by atoms with Gasteiger partial charge in [-0.3, -0.25) is 0 Å². The van der Waals surface area contributed by atoms with Crippen LogP contribution in [0.4, 0.5) is 10.1 Å². The van der Waals surface area contributed by atoms with Gasteiger partial charge in [-0.15, -0.1) is 0 Å². The number of carbonyl (C=O) groups excluding carboxylic acids is 1. The molecule has 1 aromatic rings. The number of rotatable bonds is 6. The third kappa shape index (κ3) is 4.06. The normalized spacial score (nSPS) is 10.1. The van der Waals surface area contributed by atoms with Crippen LogP contribution in [0.25, 0.3) is 0 Å². The maximum atomic E-state index is 13.4. The molecule has 0 aliphatic carbocycles. The summed E-state index contributed by atoms with van der Waals surface area (Å²) in [6, 6.07) is 4.17. The average molecular weight is 239 g/mol. The number of anilines is 1. The van der Waals surface area contributed by atoms with E-state index in [1.54, 1.807) is 0 Å². The Hall–Kier alpha value is -1.58. The molecule has 1 aromatic carbocycles. The summed E-state index contributed by atoms with van der Waals surface area (Å²) in [5.41, 5.74) is 0.705. The smallest absolute Gasteiger partial charge is 0.337 e. The van der Waals surface area contributed by atoms with Crippen LogP contribution in [0, 0.1) is 5.82 Å². The Morgan fingerprint density at radius 2 is 2.18 bits per heavy atom. The minimum Gasteiger partial charge on any atom is -0.465 e. The number of hydrogen-bond acceptors (Lipinski definition) is 3. The molecule has 0 aliphatic rings. The van der Waals surface area contributed by atoms with Gasteiger partial charge in [0.2, 0.25) is 0 Å². The average Bonchev–Trinajstić information content (AvgIpc) is 2.35. The molecule has 0 bridgehead atoms. The van der Waals surface area contributed by atoms with Gasteiger partial charge in [0.05, 0.1) is 18.4 Å². The summed E-state index contributed by atoms with van der Waals surface area (Å²) in [5.74, 6) is -0.809. The van der Waals surface area contributed by atoms with Gasteiger partial charge >= 0.3 is 5.97 Å². The van der Waals surface area contributed by atoms with Crippen LogP contribution in [0.3, 0.4) is 0 Å². The molecule has 0 aliphatic heterocycles. The van der Waals surface area contributed by atoms with Crippen molar-refractivity contribution in [3.8, 4) is 0 Å². The zero-order valence-corrected chi connectivity index (χ0v) is 10.3. The standard InChI is InChI=1S/C13H18FNO2/c1-3-4-5-8-15-12-9-10(13(16)17-2)6-7-11(12)14/h6-7,9,15H,3-5,8H2,1-2H3. The fourth-order valence-electron chi connectivity index (χ4n) is 1.50. The van der Waals surface area contributed by atoms with Gasteiger partial charge < -0.3 is 10.1 Å². The van der Waals surface area contributed by atoms with Crippen LogP contribution in [-0.4, -0.2) is 19.6 Å². The van der Waals surface area contributed by atoms with Gasteiger partial charge in [-0.05, 0) is 24.6 Å². The van der Waals surface area contributed by atoms with Crippen molar-refractivity contribution in [2.45, 2.75) is 26.2 Å². The Morgan fingerprint density at radius 1 is 1.41 bits per heavy atom. The Labute approximate surface area is 101 Å². The summed E-state index contributed by atoms with van der Waals surface area (Å²) in [5, 5.41) is 2.98. The van der Waals surface area contributed by atoms with Crippen LogP contribution >= 0.6 is 0 Å². The highest BCUT2D eigenvalue weighted by atomic mass is 19.1. The lowest BCUT2D eigenvalue weighted by atomic mass is 10.2. The van der Waals surface area contributed by atoms with E-state index in [9.17, 15) is 9.18 Å². The van der Waals surface area contributed by atoms with Gasteiger partial charge in [-0.25, -0.2) is 9.18 Å². The molecule has 1 N–H and O–H groups in total. The Kier molecular flexibility index (Phi) is 5.46. The first kappa shape index (κ1) is 13.5. The van der Waals surface area contributed by atoms with Gasteiger partial charge in [-0.2, -0.15) is 0 Å². The zero-order chi connectivity index (χ0) is 12.7. The lowest BCUT2D eigenvalue weighted by Crippen LogP contribution is -2.06. The van der Waals surface area contributed by atoms with Gasteiger partial charge in [0.25, 0.3) is 0 Å². The highest BCUT2D eigenvalue weighted by molar-refractivity contribution is 5.90. The minimum absolute atomic E-state index is 0.351. The van der Waals surface area contributed by atoms with Crippen LogP contribution in [-0.2, 0) is 4.74 Å². The SMILES string of the molecule is CCCCCNc1cc(C(=O)OC)ccc1F. The fourth-order valence-corrected chi connectivity index (χ4v) is 1.50. The first-order valence-electron chi connectivity index (χ1n) is 5.80. The Morgan fingerprint density at radius 3 is 2.82 bits per heavy atom. The number of methoxy groups -OCH3 is 1. The van der Waals surface area contributed by atoms with Crippen molar-refractivity contribution in [2.75, 3.05) is 19.0 Å². The largest absolute Gasteiger partial charge is 0.465 e. The third-order valence-corrected chi connectivity index (χ3v) is 2.48. The monoisotopic (exact) mass is 239 g/mol. The van der Waals surface area contributed by atoms with E-state index in [1.165, 1.54) is 25.3 Å². The van der Waals surface area contributed by atoms with Crippen molar-refractivity contribution in [3.63, 3.8) is 0 Å². The lowest BCUT2D eigenvalue weighted by Gasteiger charge is -2.08. The van der Waals surface area contributed by atoms with Crippen LogP contribution in [0.2, 0.25) is 0 Å². The summed E-state index contributed by atoms with van der Waals surface area (Å²) in [7, 11) is 1.31. The molecule has 0 fully saturated rings. The molecule has 94 valence electrons. The number of ether oxygens (including phenoxy) is 1. The summed E-state index contributed by atoms with van der Waals surface area (Å²) in [6.07, 6.45) is 3.20. The fraction of sp³-hybridized carbons (Fsp3) is 0.462. The van der Waals surface area contributed by atoms with Gasteiger partial charge in [0.15, 0.2) is 0 Å². The zero-order valence-electron chi connectivity index (χ0n) is 10.3. The molecule has 3 nitrogen and oxygen atoms in total. The van der Waals surface area contributed by atoms with Crippen molar-refractivity contribution in [1.82, 2.24) is 0 Å². The molecule has 0 unspecified atom stereocenters. The van der Waals surface area contributed by atoms with E-state index in [-0.39, 0.29) is 5.82 Å². The van der Waals surface area contributed by atoms with Crippen molar-refractivity contribution >= 4 is 11.7 Å². The van der Waals surface area contributed by atoms with Gasteiger partial charge in [-0.1, -0.05) is 19.8 Å². The topological polar surface area (TPSA) is 38.3 Å². The number of unbranched alkanes of at least 4 members (excludes halogenated alkanes) is 2. The second-order valence-corrected chi connectivity index (χ2v) is 3.82. The van der Waals surface area contributed by atoms with E-state index in [4.69, 9.17) is 0 Å². The molecular formula is C13H18FNO2. The summed E-state index contributed by atoms with van der Waals surface area (Å²) >= 11 is 0. The van der Waals surface area contributed by atoms with E-state index >= 15 is 0 Å². The van der Waals surface area contributed by atoms with Crippen LogP contribution in [0.5, 0.6) is 0 Å². The highest BCUT2D eigenvalue weighted by Crippen LogP contribution is 2.17. The number of carbonyl (C=O) groups is 1. The molecule has 0 aromatic heterocycles. The van der Waals surface area contributed by atoms with E-state index < -0.39 is 5.97 Å². The molecule has 4 heteroatoms. The van der Waals surface area contributed by atoms with Gasteiger partial charge in [0.1, 0.15) is 5.82 Å². The van der Waals surface area contributed by atoms with Crippen LogP contribution in [0.15, 0.2) is 18.2 Å².